The number of hydrogen-bond donors (Lipinski definition) is 1. The standard InChI is InChI=1S/C8H9N3O2/c12-7-4-11(5-7)8(13)6-1-2-9-10-3-6/h1-3,7,12H,4-5H2. The van der Waals surface area contributed by atoms with E-state index in [4.69, 9.17) is 5.11 Å². The predicted octanol–water partition coefficient (Wildman–Crippen LogP) is -0.707. The summed E-state index contributed by atoms with van der Waals surface area (Å²) in [5.74, 6) is -0.0970. The number of nitrogens with zero attached hydrogens (tertiary/aromatic N) is 3. The Bertz CT molecular complexity index is 308. The molecule has 68 valence electrons. The van der Waals surface area contributed by atoms with Gasteiger partial charge in [0.2, 0.25) is 0 Å². The van der Waals surface area contributed by atoms with E-state index in [1.54, 1.807) is 11.0 Å². The van der Waals surface area contributed by atoms with E-state index in [-0.39, 0.29) is 12.0 Å². The van der Waals surface area contributed by atoms with Crippen LogP contribution in [0.2, 0.25) is 0 Å². The van der Waals surface area contributed by atoms with Crippen LogP contribution >= 0.6 is 0 Å². The zero-order valence-electron chi connectivity index (χ0n) is 6.92. The highest BCUT2D eigenvalue weighted by atomic mass is 16.3. The van der Waals surface area contributed by atoms with E-state index in [2.05, 4.69) is 10.2 Å². The molecular formula is C8H9N3O2. The molecule has 2 heterocycles. The zero-order valence-corrected chi connectivity index (χ0v) is 6.92. The highest BCUT2D eigenvalue weighted by Crippen LogP contribution is 2.11. The third-order valence-corrected chi connectivity index (χ3v) is 1.98. The highest BCUT2D eigenvalue weighted by Gasteiger charge is 2.29. The van der Waals surface area contributed by atoms with Crippen LogP contribution in [0, 0.1) is 0 Å². The summed E-state index contributed by atoms with van der Waals surface area (Å²) in [6.07, 6.45) is 2.54. The first kappa shape index (κ1) is 8.12. The van der Waals surface area contributed by atoms with Crippen molar-refractivity contribution in [2.45, 2.75) is 6.10 Å². The molecule has 13 heavy (non-hydrogen) atoms. The number of rotatable bonds is 1. The van der Waals surface area contributed by atoms with Crippen molar-refractivity contribution in [3.8, 4) is 0 Å². The van der Waals surface area contributed by atoms with Gasteiger partial charge < -0.3 is 10.0 Å². The molecule has 5 nitrogen and oxygen atoms in total. The summed E-state index contributed by atoms with van der Waals surface area (Å²) in [4.78, 5) is 13.1. The Kier molecular flexibility index (Phi) is 1.94. The third-order valence-electron chi connectivity index (χ3n) is 1.98. The van der Waals surface area contributed by atoms with E-state index in [1.807, 2.05) is 0 Å². The van der Waals surface area contributed by atoms with Crippen molar-refractivity contribution < 1.29 is 9.90 Å². The van der Waals surface area contributed by atoms with Crippen molar-refractivity contribution in [2.75, 3.05) is 13.1 Å². The number of hydrogen-bond acceptors (Lipinski definition) is 4. The molecule has 0 aromatic carbocycles. The van der Waals surface area contributed by atoms with E-state index in [1.165, 1.54) is 12.4 Å². The van der Waals surface area contributed by atoms with Crippen LogP contribution in [0.5, 0.6) is 0 Å². The lowest BCUT2D eigenvalue weighted by atomic mass is 10.1. The molecule has 0 saturated carbocycles. The van der Waals surface area contributed by atoms with Gasteiger partial charge in [0.05, 0.1) is 24.1 Å². The Balaban J connectivity index is 2.06. The molecule has 0 radical (unpaired) electrons. The number of β-amino-alcohol motifs (C(OH)–C–C–N with tert-alkyl or cyclic N) is 1. The van der Waals surface area contributed by atoms with Crippen molar-refractivity contribution in [2.24, 2.45) is 0 Å². The van der Waals surface area contributed by atoms with Crippen LogP contribution in [0.3, 0.4) is 0 Å². The van der Waals surface area contributed by atoms with E-state index in [0.29, 0.717) is 18.7 Å². The molecule has 0 atom stereocenters. The van der Waals surface area contributed by atoms with Gasteiger partial charge in [-0.3, -0.25) is 4.79 Å². The van der Waals surface area contributed by atoms with Gasteiger partial charge in [-0.05, 0) is 6.07 Å². The molecule has 5 heteroatoms. The minimum atomic E-state index is -0.362. The van der Waals surface area contributed by atoms with Gasteiger partial charge in [-0.15, -0.1) is 0 Å². The summed E-state index contributed by atoms with van der Waals surface area (Å²) >= 11 is 0. The molecule has 1 amide bonds. The Hall–Kier alpha value is -1.49. The summed E-state index contributed by atoms with van der Waals surface area (Å²) < 4.78 is 0. The molecule has 1 N–H and O–H groups in total. The Morgan fingerprint density at radius 1 is 1.54 bits per heavy atom. The molecule has 1 aromatic heterocycles. The lowest BCUT2D eigenvalue weighted by Crippen LogP contribution is -2.53. The van der Waals surface area contributed by atoms with Gasteiger partial charge in [0.25, 0.3) is 5.91 Å². The van der Waals surface area contributed by atoms with Gasteiger partial charge in [-0.25, -0.2) is 0 Å². The topological polar surface area (TPSA) is 66.3 Å². The summed E-state index contributed by atoms with van der Waals surface area (Å²) in [5, 5.41) is 16.2. The lowest BCUT2D eigenvalue weighted by molar-refractivity contribution is 0.00585. The van der Waals surface area contributed by atoms with E-state index in [0.717, 1.165) is 0 Å². The van der Waals surface area contributed by atoms with Crippen LogP contribution in [-0.2, 0) is 0 Å². The van der Waals surface area contributed by atoms with Crippen LogP contribution in [0.25, 0.3) is 0 Å². The molecule has 0 bridgehead atoms. The average Bonchev–Trinajstić information content (AvgIpc) is 2.13. The number of aromatic nitrogens is 2. The van der Waals surface area contributed by atoms with Crippen LogP contribution in [-0.4, -0.2) is 45.3 Å². The van der Waals surface area contributed by atoms with Crippen molar-refractivity contribution in [3.05, 3.63) is 24.0 Å². The smallest absolute Gasteiger partial charge is 0.255 e. The molecule has 0 unspecified atom stereocenters. The first-order chi connectivity index (χ1) is 6.27. The normalized spacial score (nSPS) is 16.8. The Morgan fingerprint density at radius 3 is 2.85 bits per heavy atom. The van der Waals surface area contributed by atoms with Crippen LogP contribution in [0.1, 0.15) is 10.4 Å². The second-order valence-electron chi connectivity index (χ2n) is 3.00. The summed E-state index contributed by atoms with van der Waals surface area (Å²) in [7, 11) is 0. The van der Waals surface area contributed by atoms with Crippen LogP contribution in [0.4, 0.5) is 0 Å². The fourth-order valence-corrected chi connectivity index (χ4v) is 1.22. The van der Waals surface area contributed by atoms with Crippen molar-refractivity contribution >= 4 is 5.91 Å². The maximum Gasteiger partial charge on any atom is 0.255 e. The lowest BCUT2D eigenvalue weighted by Gasteiger charge is -2.35. The molecule has 1 saturated heterocycles. The molecule has 1 aliphatic rings. The minimum absolute atomic E-state index is 0.0970. The number of aliphatic hydroxyl groups excluding tert-OH is 1. The monoisotopic (exact) mass is 179 g/mol. The fraction of sp³-hybridized carbons (Fsp3) is 0.375. The number of likely N-dealkylation sites (tertiary alicyclic amines) is 1. The molecule has 0 aliphatic carbocycles. The maximum atomic E-state index is 11.5. The first-order valence-corrected chi connectivity index (χ1v) is 4.01. The maximum absolute atomic E-state index is 11.5. The molecule has 1 aromatic rings. The number of carbonyl (C=O) groups is 1. The third kappa shape index (κ3) is 1.50. The molecular weight excluding hydrogens is 170 g/mol. The van der Waals surface area contributed by atoms with Crippen molar-refractivity contribution in [3.63, 3.8) is 0 Å². The minimum Gasteiger partial charge on any atom is -0.389 e. The van der Waals surface area contributed by atoms with Crippen molar-refractivity contribution in [1.82, 2.24) is 15.1 Å². The SMILES string of the molecule is O=C(c1ccnnc1)N1CC(O)C1. The summed E-state index contributed by atoms with van der Waals surface area (Å²) in [5.41, 5.74) is 0.516. The predicted molar refractivity (Wildman–Crippen MR) is 43.9 cm³/mol. The zero-order chi connectivity index (χ0) is 9.26. The molecule has 2 rings (SSSR count). The van der Waals surface area contributed by atoms with Crippen LogP contribution < -0.4 is 0 Å². The second-order valence-corrected chi connectivity index (χ2v) is 3.00. The van der Waals surface area contributed by atoms with Gasteiger partial charge in [-0.1, -0.05) is 0 Å². The largest absolute Gasteiger partial charge is 0.389 e. The van der Waals surface area contributed by atoms with Gasteiger partial charge in [0, 0.05) is 13.1 Å². The Labute approximate surface area is 75.0 Å². The first-order valence-electron chi connectivity index (χ1n) is 4.01. The van der Waals surface area contributed by atoms with Crippen LogP contribution in [0.15, 0.2) is 18.5 Å². The van der Waals surface area contributed by atoms with E-state index >= 15 is 0 Å². The Morgan fingerprint density at radius 2 is 2.31 bits per heavy atom. The van der Waals surface area contributed by atoms with Gasteiger partial charge in [-0.2, -0.15) is 10.2 Å². The van der Waals surface area contributed by atoms with E-state index < -0.39 is 0 Å². The average molecular weight is 179 g/mol. The number of aliphatic hydroxyl groups is 1. The number of amides is 1. The molecule has 1 aliphatic heterocycles. The highest BCUT2D eigenvalue weighted by molar-refractivity contribution is 5.94. The van der Waals surface area contributed by atoms with Gasteiger partial charge in [0.1, 0.15) is 0 Å². The quantitative estimate of drug-likeness (QED) is 0.618. The second kappa shape index (κ2) is 3.10. The molecule has 0 spiro atoms. The molecule has 1 fully saturated rings. The number of carbonyl (C=O) groups excluding carboxylic acids is 1. The van der Waals surface area contributed by atoms with Gasteiger partial charge in [0.15, 0.2) is 0 Å². The summed E-state index contributed by atoms with van der Waals surface area (Å²) in [6.45, 7) is 0.836. The van der Waals surface area contributed by atoms with Crippen molar-refractivity contribution in [1.29, 1.82) is 0 Å². The summed E-state index contributed by atoms with van der Waals surface area (Å²) in [6, 6.07) is 1.61. The van der Waals surface area contributed by atoms with E-state index in [9.17, 15) is 4.79 Å². The van der Waals surface area contributed by atoms with Gasteiger partial charge >= 0.3 is 0 Å². The fourth-order valence-electron chi connectivity index (χ4n) is 1.22.